The number of hydrogen-bond donors (Lipinski definition) is 3. The van der Waals surface area contributed by atoms with Gasteiger partial charge in [0.15, 0.2) is 0 Å². The molecule has 1 unspecified atom stereocenters. The Bertz CT molecular complexity index is 852. The van der Waals surface area contributed by atoms with E-state index in [2.05, 4.69) is 11.9 Å². The fourth-order valence-corrected chi connectivity index (χ4v) is 3.44. The molecule has 0 saturated carbocycles. The van der Waals surface area contributed by atoms with Gasteiger partial charge < -0.3 is 29.4 Å². The van der Waals surface area contributed by atoms with Crippen LogP contribution in [0.25, 0.3) is 11.0 Å². The monoisotopic (exact) mass is 386 g/mol. The highest BCUT2D eigenvalue weighted by atomic mass is 16.5. The van der Waals surface area contributed by atoms with Gasteiger partial charge in [-0.05, 0) is 37.0 Å². The molecule has 0 bridgehead atoms. The van der Waals surface area contributed by atoms with E-state index in [9.17, 15) is 19.6 Å². The van der Waals surface area contributed by atoms with Crippen molar-refractivity contribution in [3.63, 3.8) is 0 Å². The zero-order valence-corrected chi connectivity index (χ0v) is 15.4. The number of likely N-dealkylation sites (tertiary alicyclic amines) is 1. The maximum atomic E-state index is 12.2. The lowest BCUT2D eigenvalue weighted by Crippen LogP contribution is -2.48. The van der Waals surface area contributed by atoms with Gasteiger partial charge >= 0.3 is 13.2 Å². The molecule has 1 aromatic heterocycles. The van der Waals surface area contributed by atoms with Crippen LogP contribution in [0.4, 0.5) is 4.79 Å². The summed E-state index contributed by atoms with van der Waals surface area (Å²) >= 11 is 0. The van der Waals surface area contributed by atoms with Crippen molar-refractivity contribution in [2.24, 2.45) is 0 Å². The van der Waals surface area contributed by atoms with Crippen molar-refractivity contribution in [3.8, 4) is 0 Å². The number of carbonyl (C=O) groups is 2. The normalized spacial score (nSPS) is 17.4. The Morgan fingerprint density at radius 3 is 2.96 bits per heavy atom. The highest BCUT2D eigenvalue weighted by Gasteiger charge is 2.30. The Labute approximate surface area is 162 Å². The predicted molar refractivity (Wildman–Crippen MR) is 103 cm³/mol. The molecule has 28 heavy (non-hydrogen) atoms. The molecular formula is C19H23BN2O6. The molecule has 3 rings (SSSR count). The number of alkyl carbamates (subject to hydrolysis) is 1. The smallest absolute Gasteiger partial charge is 0.464 e. The van der Waals surface area contributed by atoms with Crippen LogP contribution in [0.1, 0.15) is 18.4 Å². The molecule has 2 heterocycles. The average molecular weight is 386 g/mol. The van der Waals surface area contributed by atoms with E-state index in [1.54, 1.807) is 4.90 Å². The second kappa shape index (κ2) is 8.94. The SMILES string of the molecule is C=CC(=O)N1CCCC1COC(=O)N[C@@H](Cc1coc2ccccc12)B(O)O. The number of hydrogen-bond acceptors (Lipinski definition) is 6. The first-order chi connectivity index (χ1) is 13.5. The molecular weight excluding hydrogens is 363 g/mol. The third-order valence-electron chi connectivity index (χ3n) is 4.91. The number of amides is 2. The number of carbonyl (C=O) groups excluding carboxylic acids is 2. The van der Waals surface area contributed by atoms with Gasteiger partial charge in [-0.2, -0.15) is 0 Å². The first-order valence-electron chi connectivity index (χ1n) is 9.17. The third kappa shape index (κ3) is 4.55. The van der Waals surface area contributed by atoms with Crippen molar-refractivity contribution in [3.05, 3.63) is 48.7 Å². The summed E-state index contributed by atoms with van der Waals surface area (Å²) < 4.78 is 10.7. The van der Waals surface area contributed by atoms with E-state index in [0.29, 0.717) is 12.1 Å². The quantitative estimate of drug-likeness (QED) is 0.488. The maximum Gasteiger partial charge on any atom is 0.475 e. The molecule has 2 aromatic rings. The number of nitrogens with one attached hydrogen (secondary N) is 1. The van der Waals surface area contributed by atoms with E-state index in [1.807, 2.05) is 24.3 Å². The van der Waals surface area contributed by atoms with Crippen LogP contribution in [0.15, 0.2) is 47.6 Å². The molecule has 148 valence electrons. The topological polar surface area (TPSA) is 112 Å². The van der Waals surface area contributed by atoms with Crippen LogP contribution in [0, 0.1) is 0 Å². The first kappa shape index (κ1) is 20.0. The molecule has 9 heteroatoms. The highest BCUT2D eigenvalue weighted by Crippen LogP contribution is 2.22. The van der Waals surface area contributed by atoms with Gasteiger partial charge in [0, 0.05) is 11.9 Å². The summed E-state index contributed by atoms with van der Waals surface area (Å²) in [6.45, 7) is 4.12. The maximum absolute atomic E-state index is 12.2. The number of ether oxygens (including phenoxy) is 1. The molecule has 1 aliphatic rings. The second-order valence-corrected chi connectivity index (χ2v) is 6.76. The van der Waals surface area contributed by atoms with Crippen molar-refractivity contribution in [1.82, 2.24) is 10.2 Å². The Hall–Kier alpha value is -2.78. The van der Waals surface area contributed by atoms with Gasteiger partial charge in [0.1, 0.15) is 12.2 Å². The lowest BCUT2D eigenvalue weighted by Gasteiger charge is -2.24. The van der Waals surface area contributed by atoms with E-state index < -0.39 is 19.2 Å². The fraction of sp³-hybridized carbons (Fsp3) is 0.368. The lowest BCUT2D eigenvalue weighted by molar-refractivity contribution is -0.127. The number of nitrogens with zero attached hydrogens (tertiary/aromatic N) is 1. The minimum atomic E-state index is -1.77. The van der Waals surface area contributed by atoms with Gasteiger partial charge in [-0.3, -0.25) is 4.79 Å². The Balaban J connectivity index is 1.57. The van der Waals surface area contributed by atoms with Gasteiger partial charge in [-0.15, -0.1) is 0 Å². The summed E-state index contributed by atoms with van der Waals surface area (Å²) in [6, 6.07) is 7.16. The summed E-state index contributed by atoms with van der Waals surface area (Å²) in [5.41, 5.74) is 1.42. The molecule has 1 aromatic carbocycles. The number of fused-ring (bicyclic) bond motifs is 1. The van der Waals surface area contributed by atoms with E-state index in [-0.39, 0.29) is 25.0 Å². The van der Waals surface area contributed by atoms with Crippen LogP contribution in [-0.2, 0) is 16.0 Å². The van der Waals surface area contributed by atoms with Gasteiger partial charge in [-0.1, -0.05) is 24.8 Å². The molecule has 0 spiro atoms. The van der Waals surface area contributed by atoms with Crippen LogP contribution >= 0.6 is 0 Å². The molecule has 0 radical (unpaired) electrons. The number of benzene rings is 1. The highest BCUT2D eigenvalue weighted by molar-refractivity contribution is 6.43. The van der Waals surface area contributed by atoms with Crippen molar-refractivity contribution in [1.29, 1.82) is 0 Å². The summed E-state index contributed by atoms with van der Waals surface area (Å²) in [7, 11) is -1.77. The predicted octanol–water partition coefficient (Wildman–Crippen LogP) is 1.26. The number of para-hydroxylation sites is 1. The number of furan rings is 1. The Morgan fingerprint density at radius 2 is 2.21 bits per heavy atom. The van der Waals surface area contributed by atoms with Crippen molar-refractivity contribution < 1.29 is 28.8 Å². The summed E-state index contributed by atoms with van der Waals surface area (Å²) in [5, 5.41) is 22.6. The molecule has 1 saturated heterocycles. The van der Waals surface area contributed by atoms with Gasteiger partial charge in [0.25, 0.3) is 0 Å². The van der Waals surface area contributed by atoms with E-state index in [4.69, 9.17) is 9.15 Å². The number of rotatable bonds is 7. The first-order valence-corrected chi connectivity index (χ1v) is 9.17. The zero-order valence-electron chi connectivity index (χ0n) is 15.4. The van der Waals surface area contributed by atoms with Crippen LogP contribution in [0.2, 0.25) is 0 Å². The van der Waals surface area contributed by atoms with Crippen LogP contribution < -0.4 is 5.32 Å². The van der Waals surface area contributed by atoms with E-state index in [1.165, 1.54) is 12.3 Å². The Morgan fingerprint density at radius 1 is 1.43 bits per heavy atom. The van der Waals surface area contributed by atoms with E-state index >= 15 is 0 Å². The zero-order chi connectivity index (χ0) is 20.1. The largest absolute Gasteiger partial charge is 0.475 e. The third-order valence-corrected chi connectivity index (χ3v) is 4.91. The van der Waals surface area contributed by atoms with Gasteiger partial charge in [-0.25, -0.2) is 4.79 Å². The summed E-state index contributed by atoms with van der Waals surface area (Å²) in [4.78, 5) is 25.6. The van der Waals surface area contributed by atoms with Gasteiger partial charge in [0.05, 0.1) is 18.2 Å². The fourth-order valence-electron chi connectivity index (χ4n) is 3.44. The molecule has 3 N–H and O–H groups in total. The van der Waals surface area contributed by atoms with Crippen LogP contribution in [0.3, 0.4) is 0 Å². The molecule has 8 nitrogen and oxygen atoms in total. The molecule has 1 fully saturated rings. The van der Waals surface area contributed by atoms with Crippen LogP contribution in [-0.4, -0.2) is 59.2 Å². The summed E-state index contributed by atoms with van der Waals surface area (Å²) in [6.07, 6.45) is 3.73. The molecule has 2 amide bonds. The minimum Gasteiger partial charge on any atom is -0.464 e. The Kier molecular flexibility index (Phi) is 6.38. The summed E-state index contributed by atoms with van der Waals surface area (Å²) in [5.74, 6) is -1.16. The van der Waals surface area contributed by atoms with Crippen LogP contribution in [0.5, 0.6) is 0 Å². The standard InChI is InChI=1S/C19H23BN2O6/c1-2-18(23)22-9-5-6-14(22)12-28-19(24)21-17(20(25)26)10-13-11-27-16-8-4-3-7-15(13)16/h2-4,7-8,11,14,17,25-26H,1,5-6,9-10,12H2,(H,21,24)/t14?,17-/m0/s1. The van der Waals surface area contributed by atoms with Crippen molar-refractivity contribution >= 4 is 30.1 Å². The second-order valence-electron chi connectivity index (χ2n) is 6.76. The molecule has 2 atom stereocenters. The van der Waals surface area contributed by atoms with Crippen molar-refractivity contribution in [2.75, 3.05) is 13.2 Å². The average Bonchev–Trinajstić information content (AvgIpc) is 3.32. The molecule has 0 aliphatic carbocycles. The van der Waals surface area contributed by atoms with Crippen molar-refractivity contribution in [2.45, 2.75) is 31.2 Å². The van der Waals surface area contributed by atoms with Gasteiger partial charge in [0.2, 0.25) is 5.91 Å². The lowest BCUT2D eigenvalue weighted by atomic mass is 9.76. The van der Waals surface area contributed by atoms with E-state index in [0.717, 1.165) is 23.8 Å². The minimum absolute atomic E-state index is 0.0360. The molecule has 1 aliphatic heterocycles.